The SMILES string of the molecule is C#CC1COP(C)(=O)OC1C. The number of hydrogen-bond donors (Lipinski definition) is 0. The summed E-state index contributed by atoms with van der Waals surface area (Å²) in [5.74, 6) is 2.45. The average molecular weight is 174 g/mol. The molecule has 0 amide bonds. The summed E-state index contributed by atoms with van der Waals surface area (Å²) in [5.41, 5.74) is 0. The third-order valence-corrected chi connectivity index (χ3v) is 2.96. The molecule has 3 atom stereocenters. The fraction of sp³-hybridized carbons (Fsp3) is 0.714. The highest BCUT2D eigenvalue weighted by Crippen LogP contribution is 2.49. The standard InChI is InChI=1S/C7H11O3P/c1-4-7-5-9-11(3,8)10-6(7)2/h1,6-7H,5H2,2-3H3. The van der Waals surface area contributed by atoms with Crippen molar-refractivity contribution in [2.45, 2.75) is 13.0 Å². The quantitative estimate of drug-likeness (QED) is 0.412. The Morgan fingerprint density at radius 1 is 1.73 bits per heavy atom. The summed E-state index contributed by atoms with van der Waals surface area (Å²) in [4.78, 5) is 0. The molecule has 1 aliphatic rings. The second-order valence-corrected chi connectivity index (χ2v) is 4.66. The third kappa shape index (κ3) is 2.07. The summed E-state index contributed by atoms with van der Waals surface area (Å²) in [6.07, 6.45) is 5.02. The minimum absolute atomic E-state index is 0.0722. The molecule has 0 aromatic heterocycles. The predicted octanol–water partition coefficient (Wildman–Crippen LogP) is 1.49. The first kappa shape index (κ1) is 8.80. The highest BCUT2D eigenvalue weighted by Gasteiger charge is 2.32. The normalized spacial score (nSPS) is 44.8. The van der Waals surface area contributed by atoms with E-state index in [1.165, 1.54) is 6.66 Å². The monoisotopic (exact) mass is 174 g/mol. The molecular weight excluding hydrogens is 163 g/mol. The molecule has 1 rings (SSSR count). The van der Waals surface area contributed by atoms with Crippen LogP contribution >= 0.6 is 7.60 Å². The van der Waals surface area contributed by atoms with Crippen LogP contribution in [0.5, 0.6) is 0 Å². The van der Waals surface area contributed by atoms with Crippen molar-refractivity contribution in [2.24, 2.45) is 5.92 Å². The first-order valence-electron chi connectivity index (χ1n) is 3.42. The number of rotatable bonds is 0. The number of hydrogen-bond acceptors (Lipinski definition) is 3. The molecule has 0 N–H and O–H groups in total. The molecule has 1 fully saturated rings. The van der Waals surface area contributed by atoms with Crippen LogP contribution in [-0.4, -0.2) is 19.4 Å². The van der Waals surface area contributed by atoms with Crippen molar-refractivity contribution in [1.29, 1.82) is 0 Å². The van der Waals surface area contributed by atoms with Crippen molar-refractivity contribution in [1.82, 2.24) is 0 Å². The van der Waals surface area contributed by atoms with Gasteiger partial charge in [-0.05, 0) is 6.92 Å². The molecule has 0 aromatic carbocycles. The minimum Gasteiger partial charge on any atom is -0.307 e. The molecule has 4 heteroatoms. The highest BCUT2D eigenvalue weighted by molar-refractivity contribution is 7.53. The predicted molar refractivity (Wildman–Crippen MR) is 42.4 cm³/mol. The van der Waals surface area contributed by atoms with Gasteiger partial charge in [0.05, 0.1) is 18.6 Å². The fourth-order valence-electron chi connectivity index (χ4n) is 0.941. The zero-order valence-electron chi connectivity index (χ0n) is 6.61. The summed E-state index contributed by atoms with van der Waals surface area (Å²) in [7, 11) is -2.79. The van der Waals surface area contributed by atoms with Crippen LogP contribution in [-0.2, 0) is 13.6 Å². The molecule has 11 heavy (non-hydrogen) atoms. The molecule has 0 spiro atoms. The van der Waals surface area contributed by atoms with Crippen molar-refractivity contribution in [3.05, 3.63) is 0 Å². The smallest absolute Gasteiger partial charge is 0.307 e. The van der Waals surface area contributed by atoms with Crippen LogP contribution in [0.3, 0.4) is 0 Å². The average Bonchev–Trinajstić information content (AvgIpc) is 1.86. The lowest BCUT2D eigenvalue weighted by molar-refractivity contribution is 0.0644. The Bertz CT molecular complexity index is 230. The Hall–Kier alpha value is -0.290. The van der Waals surface area contributed by atoms with E-state index in [0.29, 0.717) is 6.61 Å². The van der Waals surface area contributed by atoms with Gasteiger partial charge in [0, 0.05) is 6.66 Å². The van der Waals surface area contributed by atoms with Gasteiger partial charge in [-0.1, -0.05) is 5.92 Å². The van der Waals surface area contributed by atoms with Gasteiger partial charge in [-0.25, -0.2) is 0 Å². The number of terminal acetylenes is 1. The first-order chi connectivity index (χ1) is 5.05. The van der Waals surface area contributed by atoms with E-state index in [9.17, 15) is 4.57 Å². The lowest BCUT2D eigenvalue weighted by Crippen LogP contribution is -2.27. The largest absolute Gasteiger partial charge is 0.327 e. The maximum absolute atomic E-state index is 11.2. The van der Waals surface area contributed by atoms with E-state index >= 15 is 0 Å². The molecule has 0 aromatic rings. The van der Waals surface area contributed by atoms with Gasteiger partial charge < -0.3 is 9.05 Å². The summed E-state index contributed by atoms with van der Waals surface area (Å²) >= 11 is 0. The summed E-state index contributed by atoms with van der Waals surface area (Å²) in [5, 5.41) is 0. The highest BCUT2D eigenvalue weighted by atomic mass is 31.2. The molecule has 1 saturated heterocycles. The van der Waals surface area contributed by atoms with Crippen LogP contribution in [0.25, 0.3) is 0 Å². The topological polar surface area (TPSA) is 35.5 Å². The van der Waals surface area contributed by atoms with E-state index in [-0.39, 0.29) is 12.0 Å². The van der Waals surface area contributed by atoms with Gasteiger partial charge in [0.15, 0.2) is 0 Å². The maximum atomic E-state index is 11.2. The summed E-state index contributed by atoms with van der Waals surface area (Å²) in [6.45, 7) is 3.60. The van der Waals surface area contributed by atoms with Gasteiger partial charge in [-0.15, -0.1) is 6.42 Å². The van der Waals surface area contributed by atoms with Gasteiger partial charge in [0.1, 0.15) is 0 Å². The van der Waals surface area contributed by atoms with Crippen LogP contribution in [0.4, 0.5) is 0 Å². The van der Waals surface area contributed by atoms with Gasteiger partial charge in [-0.3, -0.25) is 4.57 Å². The van der Waals surface area contributed by atoms with E-state index in [2.05, 4.69) is 5.92 Å². The van der Waals surface area contributed by atoms with Crippen LogP contribution in [0.15, 0.2) is 0 Å². The van der Waals surface area contributed by atoms with Gasteiger partial charge >= 0.3 is 7.60 Å². The lowest BCUT2D eigenvalue weighted by atomic mass is 10.1. The zero-order valence-corrected chi connectivity index (χ0v) is 7.51. The molecule has 3 nitrogen and oxygen atoms in total. The third-order valence-electron chi connectivity index (χ3n) is 1.63. The molecule has 1 heterocycles. The van der Waals surface area contributed by atoms with Crippen molar-refractivity contribution in [3.8, 4) is 12.3 Å². The Kier molecular flexibility index (Phi) is 2.39. The van der Waals surface area contributed by atoms with Crippen molar-refractivity contribution >= 4 is 7.60 Å². The lowest BCUT2D eigenvalue weighted by Gasteiger charge is -2.29. The van der Waals surface area contributed by atoms with Crippen molar-refractivity contribution in [3.63, 3.8) is 0 Å². The summed E-state index contributed by atoms with van der Waals surface area (Å²) < 4.78 is 21.2. The Balaban J connectivity index is 2.64. The Morgan fingerprint density at radius 3 is 2.82 bits per heavy atom. The molecule has 1 aliphatic heterocycles. The van der Waals surface area contributed by atoms with Crippen LogP contribution in [0.1, 0.15) is 6.92 Å². The van der Waals surface area contributed by atoms with Crippen LogP contribution in [0, 0.1) is 18.3 Å². The molecular formula is C7H11O3P. The zero-order chi connectivity index (χ0) is 8.48. The van der Waals surface area contributed by atoms with E-state index in [0.717, 1.165) is 0 Å². The molecule has 0 radical (unpaired) electrons. The first-order valence-corrected chi connectivity index (χ1v) is 5.41. The van der Waals surface area contributed by atoms with Gasteiger partial charge in [-0.2, -0.15) is 0 Å². The van der Waals surface area contributed by atoms with Crippen LogP contribution < -0.4 is 0 Å². The molecule has 0 aliphatic carbocycles. The minimum atomic E-state index is -2.79. The molecule has 3 unspecified atom stereocenters. The van der Waals surface area contributed by atoms with Crippen LogP contribution in [0.2, 0.25) is 0 Å². The second-order valence-electron chi connectivity index (χ2n) is 2.65. The fourth-order valence-corrected chi connectivity index (χ4v) is 2.18. The van der Waals surface area contributed by atoms with Crippen molar-refractivity contribution in [2.75, 3.05) is 13.3 Å². The molecule has 0 bridgehead atoms. The maximum Gasteiger partial charge on any atom is 0.327 e. The second kappa shape index (κ2) is 2.98. The van der Waals surface area contributed by atoms with Crippen molar-refractivity contribution < 1.29 is 13.6 Å². The Labute approximate surface area is 66.6 Å². The van der Waals surface area contributed by atoms with E-state index in [1.54, 1.807) is 0 Å². The van der Waals surface area contributed by atoms with E-state index in [4.69, 9.17) is 15.5 Å². The van der Waals surface area contributed by atoms with E-state index < -0.39 is 7.60 Å². The summed E-state index contributed by atoms with van der Waals surface area (Å²) in [6, 6.07) is 0. The van der Waals surface area contributed by atoms with E-state index in [1.807, 2.05) is 6.92 Å². The Morgan fingerprint density at radius 2 is 2.36 bits per heavy atom. The van der Waals surface area contributed by atoms with Gasteiger partial charge in [0.2, 0.25) is 0 Å². The van der Waals surface area contributed by atoms with Gasteiger partial charge in [0.25, 0.3) is 0 Å². The molecule has 0 saturated carbocycles. The molecule has 62 valence electrons.